The average molecular weight is 377 g/mol. The van der Waals surface area contributed by atoms with Gasteiger partial charge in [0.25, 0.3) is 0 Å². The van der Waals surface area contributed by atoms with Crippen molar-refractivity contribution in [1.29, 1.82) is 0 Å². The van der Waals surface area contributed by atoms with E-state index in [1.54, 1.807) is 0 Å². The molecule has 0 aliphatic carbocycles. The molecule has 2 heterocycles. The van der Waals surface area contributed by atoms with Crippen molar-refractivity contribution in [2.75, 3.05) is 0 Å². The van der Waals surface area contributed by atoms with E-state index in [1.807, 2.05) is 66.4 Å². The standard InChI is InChI=1S/C24H27NO3/c1-17-10-12-19(13-11-17)23(26)20-14-21-8-5-9-22(15-20)25(21)24(27)28-16-18-6-3-2-4-7-18/h2-4,6-7,10-13,20-22H,5,8-9,14-16H2,1H3. The minimum atomic E-state index is -0.236. The lowest BCUT2D eigenvalue weighted by molar-refractivity contribution is 0.00473. The van der Waals surface area contributed by atoms with E-state index in [4.69, 9.17) is 4.74 Å². The van der Waals surface area contributed by atoms with E-state index in [-0.39, 0.29) is 29.9 Å². The van der Waals surface area contributed by atoms with Crippen LogP contribution in [0.2, 0.25) is 0 Å². The third-order valence-corrected chi connectivity index (χ3v) is 6.10. The van der Waals surface area contributed by atoms with Crippen LogP contribution in [0, 0.1) is 12.8 Å². The van der Waals surface area contributed by atoms with E-state index in [1.165, 1.54) is 0 Å². The summed E-state index contributed by atoms with van der Waals surface area (Å²) in [5.41, 5.74) is 2.93. The van der Waals surface area contributed by atoms with E-state index in [0.717, 1.165) is 48.8 Å². The number of hydrogen-bond acceptors (Lipinski definition) is 3. The van der Waals surface area contributed by atoms with Crippen LogP contribution in [0.25, 0.3) is 0 Å². The van der Waals surface area contributed by atoms with Gasteiger partial charge in [0.1, 0.15) is 6.61 Å². The Balaban J connectivity index is 1.42. The zero-order valence-corrected chi connectivity index (χ0v) is 16.3. The first-order valence-corrected chi connectivity index (χ1v) is 10.2. The number of amides is 1. The number of carbonyl (C=O) groups is 2. The van der Waals surface area contributed by atoms with Crippen molar-refractivity contribution >= 4 is 11.9 Å². The maximum atomic E-state index is 13.0. The molecule has 2 unspecified atom stereocenters. The normalized spacial score (nSPS) is 23.9. The van der Waals surface area contributed by atoms with Crippen LogP contribution in [-0.4, -0.2) is 28.9 Å². The molecule has 0 aromatic heterocycles. The second kappa shape index (κ2) is 8.17. The average Bonchev–Trinajstić information content (AvgIpc) is 2.72. The molecule has 4 heteroatoms. The first-order chi connectivity index (χ1) is 13.6. The number of fused-ring (bicyclic) bond motifs is 2. The molecule has 146 valence electrons. The summed E-state index contributed by atoms with van der Waals surface area (Å²) in [6.07, 6.45) is 4.26. The summed E-state index contributed by atoms with van der Waals surface area (Å²) in [5.74, 6) is 0.213. The van der Waals surface area contributed by atoms with Crippen LogP contribution in [0.1, 0.15) is 53.6 Å². The summed E-state index contributed by atoms with van der Waals surface area (Å²) in [5, 5.41) is 0. The molecule has 2 aliphatic rings. The highest BCUT2D eigenvalue weighted by Gasteiger charge is 2.43. The Labute approximate surface area is 166 Å². The number of hydrogen-bond donors (Lipinski definition) is 0. The first kappa shape index (κ1) is 18.7. The van der Waals surface area contributed by atoms with Gasteiger partial charge in [0.05, 0.1) is 0 Å². The molecule has 4 rings (SSSR count). The van der Waals surface area contributed by atoms with Crippen molar-refractivity contribution in [3.63, 3.8) is 0 Å². The molecule has 2 aromatic rings. The minimum Gasteiger partial charge on any atom is -0.445 e. The van der Waals surface area contributed by atoms with Crippen LogP contribution in [0.4, 0.5) is 4.79 Å². The quantitative estimate of drug-likeness (QED) is 0.693. The highest BCUT2D eigenvalue weighted by molar-refractivity contribution is 5.98. The molecular formula is C24H27NO3. The van der Waals surface area contributed by atoms with Crippen molar-refractivity contribution < 1.29 is 14.3 Å². The third kappa shape index (κ3) is 3.96. The van der Waals surface area contributed by atoms with Gasteiger partial charge in [0.15, 0.2) is 5.78 Å². The molecule has 28 heavy (non-hydrogen) atoms. The van der Waals surface area contributed by atoms with Crippen LogP contribution in [0.5, 0.6) is 0 Å². The van der Waals surface area contributed by atoms with Gasteiger partial charge in [-0.3, -0.25) is 4.79 Å². The Hall–Kier alpha value is -2.62. The van der Waals surface area contributed by atoms with Gasteiger partial charge in [-0.25, -0.2) is 4.79 Å². The van der Waals surface area contributed by atoms with Crippen LogP contribution in [-0.2, 0) is 11.3 Å². The summed E-state index contributed by atoms with van der Waals surface area (Å²) in [6, 6.07) is 17.8. The number of Topliss-reactive ketones (excluding diaryl/α,β-unsaturated/α-hetero) is 1. The second-order valence-corrected chi connectivity index (χ2v) is 8.08. The zero-order valence-electron chi connectivity index (χ0n) is 16.3. The van der Waals surface area contributed by atoms with Gasteiger partial charge >= 0.3 is 6.09 Å². The SMILES string of the molecule is Cc1ccc(C(=O)C2CC3CCCC(C2)N3C(=O)OCc2ccccc2)cc1. The van der Waals surface area contributed by atoms with Crippen molar-refractivity contribution in [2.45, 2.75) is 57.7 Å². The van der Waals surface area contributed by atoms with Gasteiger partial charge in [-0.05, 0) is 44.6 Å². The van der Waals surface area contributed by atoms with Gasteiger partial charge in [0.2, 0.25) is 0 Å². The monoisotopic (exact) mass is 377 g/mol. The van der Waals surface area contributed by atoms with Crippen LogP contribution in [0.3, 0.4) is 0 Å². The Kier molecular flexibility index (Phi) is 5.47. The zero-order chi connectivity index (χ0) is 19.5. The van der Waals surface area contributed by atoms with Gasteiger partial charge < -0.3 is 9.64 Å². The van der Waals surface area contributed by atoms with E-state index in [2.05, 4.69) is 0 Å². The summed E-state index contributed by atoms with van der Waals surface area (Å²) >= 11 is 0. The number of piperidine rings is 2. The minimum absolute atomic E-state index is 0.00354. The molecule has 2 fully saturated rings. The van der Waals surface area contributed by atoms with E-state index < -0.39 is 0 Å². The lowest BCUT2D eigenvalue weighted by Gasteiger charge is -2.47. The summed E-state index contributed by atoms with van der Waals surface area (Å²) in [7, 11) is 0. The molecule has 2 saturated heterocycles. The molecule has 2 aromatic carbocycles. The summed E-state index contributed by atoms with van der Waals surface area (Å²) in [4.78, 5) is 27.7. The van der Waals surface area contributed by atoms with Gasteiger partial charge in [-0.2, -0.15) is 0 Å². The van der Waals surface area contributed by atoms with Crippen molar-refractivity contribution in [3.8, 4) is 0 Å². The maximum absolute atomic E-state index is 13.0. The predicted octanol–water partition coefficient (Wildman–Crippen LogP) is 5.15. The topological polar surface area (TPSA) is 46.6 Å². The number of nitrogens with zero attached hydrogens (tertiary/aromatic N) is 1. The number of benzene rings is 2. The van der Waals surface area contributed by atoms with Crippen molar-refractivity contribution in [3.05, 3.63) is 71.3 Å². The molecule has 1 amide bonds. The van der Waals surface area contributed by atoms with E-state index in [9.17, 15) is 9.59 Å². The van der Waals surface area contributed by atoms with Gasteiger partial charge in [-0.15, -0.1) is 0 Å². The predicted molar refractivity (Wildman–Crippen MR) is 108 cm³/mol. The number of rotatable bonds is 4. The Morgan fingerprint density at radius 1 is 0.964 bits per heavy atom. The molecular weight excluding hydrogens is 350 g/mol. The Morgan fingerprint density at radius 2 is 1.61 bits per heavy atom. The lowest BCUT2D eigenvalue weighted by atomic mass is 9.76. The van der Waals surface area contributed by atoms with E-state index in [0.29, 0.717) is 6.61 Å². The molecule has 2 aliphatic heterocycles. The molecule has 4 nitrogen and oxygen atoms in total. The molecule has 0 N–H and O–H groups in total. The van der Waals surface area contributed by atoms with Crippen molar-refractivity contribution in [2.24, 2.45) is 5.92 Å². The van der Waals surface area contributed by atoms with Crippen LogP contribution >= 0.6 is 0 Å². The summed E-state index contributed by atoms with van der Waals surface area (Å²) in [6.45, 7) is 2.32. The first-order valence-electron chi connectivity index (χ1n) is 10.2. The maximum Gasteiger partial charge on any atom is 0.410 e. The van der Waals surface area contributed by atoms with Gasteiger partial charge in [0, 0.05) is 23.6 Å². The molecule has 0 saturated carbocycles. The summed E-state index contributed by atoms with van der Waals surface area (Å²) < 4.78 is 5.60. The molecule has 0 spiro atoms. The molecule has 2 bridgehead atoms. The second-order valence-electron chi connectivity index (χ2n) is 8.08. The molecule has 2 atom stereocenters. The fourth-order valence-corrected chi connectivity index (χ4v) is 4.64. The highest BCUT2D eigenvalue weighted by atomic mass is 16.6. The number of ether oxygens (including phenoxy) is 1. The molecule has 0 radical (unpaired) electrons. The van der Waals surface area contributed by atoms with E-state index >= 15 is 0 Å². The fourth-order valence-electron chi connectivity index (χ4n) is 4.64. The number of carbonyl (C=O) groups excluding carboxylic acids is 2. The third-order valence-electron chi connectivity index (χ3n) is 6.10. The Bertz CT molecular complexity index is 817. The largest absolute Gasteiger partial charge is 0.445 e. The van der Waals surface area contributed by atoms with Gasteiger partial charge in [-0.1, -0.05) is 60.2 Å². The number of ketones is 1. The van der Waals surface area contributed by atoms with Crippen LogP contribution < -0.4 is 0 Å². The smallest absolute Gasteiger partial charge is 0.410 e. The lowest BCUT2D eigenvalue weighted by Crippen LogP contribution is -2.55. The van der Waals surface area contributed by atoms with Crippen molar-refractivity contribution in [1.82, 2.24) is 4.90 Å². The fraction of sp³-hybridized carbons (Fsp3) is 0.417. The number of aryl methyl sites for hydroxylation is 1. The highest BCUT2D eigenvalue weighted by Crippen LogP contribution is 2.38. The Morgan fingerprint density at radius 3 is 2.25 bits per heavy atom. The van der Waals surface area contributed by atoms with Crippen LogP contribution in [0.15, 0.2) is 54.6 Å².